The Morgan fingerprint density at radius 2 is 2.11 bits per heavy atom. The highest BCUT2D eigenvalue weighted by atomic mass is 19.1. The van der Waals surface area contributed by atoms with Gasteiger partial charge in [0.2, 0.25) is 5.95 Å². The Kier molecular flexibility index (Phi) is 4.31. The molecule has 19 heavy (non-hydrogen) atoms. The number of nitrogens with one attached hydrogen (secondary N) is 1. The molecular weight excluding hydrogens is 245 g/mol. The number of halogens is 1. The van der Waals surface area contributed by atoms with Crippen molar-refractivity contribution >= 4 is 0 Å². The van der Waals surface area contributed by atoms with Crippen molar-refractivity contribution in [1.82, 2.24) is 24.9 Å². The van der Waals surface area contributed by atoms with E-state index in [-0.39, 0.29) is 5.95 Å². The number of rotatable bonds is 6. The van der Waals surface area contributed by atoms with Crippen LogP contribution in [0.1, 0.15) is 30.3 Å². The molecule has 0 radical (unpaired) electrons. The van der Waals surface area contributed by atoms with Crippen LogP contribution in [-0.2, 0) is 26.7 Å². The van der Waals surface area contributed by atoms with E-state index in [0.29, 0.717) is 18.7 Å². The number of aryl methyl sites for hydroxylation is 3. The summed E-state index contributed by atoms with van der Waals surface area (Å²) < 4.78 is 16.9. The number of aromatic nitrogens is 4. The molecule has 2 aromatic heterocycles. The molecule has 0 aromatic carbocycles. The zero-order chi connectivity index (χ0) is 13.8. The second-order valence-corrected chi connectivity index (χ2v) is 4.65. The highest BCUT2D eigenvalue weighted by Gasteiger charge is 2.12. The van der Waals surface area contributed by atoms with Crippen LogP contribution >= 0.6 is 0 Å². The Morgan fingerprint density at radius 1 is 1.32 bits per heavy atom. The molecule has 2 heterocycles. The summed E-state index contributed by atoms with van der Waals surface area (Å²) in [6.07, 6.45) is 3.03. The molecular formula is C13H20FN5. The van der Waals surface area contributed by atoms with E-state index in [1.54, 1.807) is 7.05 Å². The molecule has 0 aliphatic carbocycles. The van der Waals surface area contributed by atoms with E-state index in [0.717, 1.165) is 24.4 Å². The van der Waals surface area contributed by atoms with Gasteiger partial charge in [-0.2, -0.15) is 14.6 Å². The van der Waals surface area contributed by atoms with Crippen LogP contribution in [0.2, 0.25) is 0 Å². The van der Waals surface area contributed by atoms with Crippen molar-refractivity contribution in [3.63, 3.8) is 0 Å². The van der Waals surface area contributed by atoms with Crippen LogP contribution in [0.25, 0.3) is 0 Å². The minimum Gasteiger partial charge on any atom is -0.307 e. The zero-order valence-electron chi connectivity index (χ0n) is 11.6. The smallest absolute Gasteiger partial charge is 0.215 e. The number of hydrogen-bond acceptors (Lipinski definition) is 3. The third-order valence-electron chi connectivity index (χ3n) is 3.03. The van der Waals surface area contributed by atoms with Gasteiger partial charge >= 0.3 is 0 Å². The third-order valence-corrected chi connectivity index (χ3v) is 3.03. The lowest BCUT2D eigenvalue weighted by atomic mass is 10.2. The Hall–Kier alpha value is -1.69. The average molecular weight is 265 g/mol. The highest BCUT2D eigenvalue weighted by molar-refractivity contribution is 5.17. The van der Waals surface area contributed by atoms with Gasteiger partial charge in [0.1, 0.15) is 0 Å². The van der Waals surface area contributed by atoms with Crippen molar-refractivity contribution in [3.8, 4) is 0 Å². The van der Waals surface area contributed by atoms with E-state index in [4.69, 9.17) is 0 Å². The topological polar surface area (TPSA) is 47.7 Å². The maximum Gasteiger partial charge on any atom is 0.215 e. The zero-order valence-corrected chi connectivity index (χ0v) is 11.6. The first-order chi connectivity index (χ1) is 9.11. The van der Waals surface area contributed by atoms with Gasteiger partial charge in [0, 0.05) is 38.4 Å². The van der Waals surface area contributed by atoms with Crippen molar-refractivity contribution in [3.05, 3.63) is 35.2 Å². The molecule has 0 aliphatic rings. The van der Waals surface area contributed by atoms with Gasteiger partial charge in [-0.15, -0.1) is 0 Å². The molecule has 2 aromatic rings. The summed E-state index contributed by atoms with van der Waals surface area (Å²) in [5.41, 5.74) is 2.31. The lowest BCUT2D eigenvalue weighted by molar-refractivity contribution is 0.489. The minimum atomic E-state index is -0.276. The van der Waals surface area contributed by atoms with Gasteiger partial charge in [-0.1, -0.05) is 6.92 Å². The summed E-state index contributed by atoms with van der Waals surface area (Å²) in [7, 11) is 1.61. The molecule has 0 spiro atoms. The second kappa shape index (κ2) is 5.97. The Morgan fingerprint density at radius 3 is 2.74 bits per heavy atom. The predicted octanol–water partition coefficient (Wildman–Crippen LogP) is 1.76. The first kappa shape index (κ1) is 13.7. The molecule has 1 N–H and O–H groups in total. The summed E-state index contributed by atoms with van der Waals surface area (Å²) in [6.45, 7) is 5.95. The molecule has 0 bridgehead atoms. The highest BCUT2D eigenvalue weighted by Crippen LogP contribution is 2.10. The number of nitrogens with zero attached hydrogens (tertiary/aromatic N) is 4. The van der Waals surface area contributed by atoms with Crippen LogP contribution in [0.15, 0.2) is 12.3 Å². The van der Waals surface area contributed by atoms with Crippen LogP contribution < -0.4 is 5.32 Å². The molecule has 0 saturated carbocycles. The normalized spacial score (nSPS) is 11.2. The maximum absolute atomic E-state index is 13.7. The van der Waals surface area contributed by atoms with Gasteiger partial charge < -0.3 is 5.32 Å². The molecule has 5 nitrogen and oxygen atoms in total. The Balaban J connectivity index is 1.89. The molecule has 0 atom stereocenters. The van der Waals surface area contributed by atoms with E-state index in [2.05, 4.69) is 22.4 Å². The second-order valence-electron chi connectivity index (χ2n) is 4.65. The summed E-state index contributed by atoms with van der Waals surface area (Å²) in [4.78, 5) is 0. The average Bonchev–Trinajstić information content (AvgIpc) is 2.90. The molecule has 2 rings (SSSR count). The van der Waals surface area contributed by atoms with E-state index in [1.807, 2.05) is 23.9 Å². The van der Waals surface area contributed by atoms with E-state index >= 15 is 0 Å². The van der Waals surface area contributed by atoms with E-state index < -0.39 is 0 Å². The molecule has 0 amide bonds. The third kappa shape index (κ3) is 3.20. The van der Waals surface area contributed by atoms with Gasteiger partial charge in [0.15, 0.2) is 0 Å². The van der Waals surface area contributed by atoms with E-state index in [1.165, 1.54) is 4.68 Å². The van der Waals surface area contributed by atoms with Crippen molar-refractivity contribution in [2.75, 3.05) is 0 Å². The van der Waals surface area contributed by atoms with Gasteiger partial charge in [0.25, 0.3) is 0 Å². The lowest BCUT2D eigenvalue weighted by Crippen LogP contribution is -2.15. The fourth-order valence-corrected chi connectivity index (χ4v) is 2.04. The first-order valence-corrected chi connectivity index (χ1v) is 6.52. The van der Waals surface area contributed by atoms with Crippen LogP contribution in [0.3, 0.4) is 0 Å². The van der Waals surface area contributed by atoms with Crippen LogP contribution in [0, 0.1) is 12.9 Å². The standard InChI is InChI=1S/C13H20FN5/c1-4-6-19-7-5-11(17-19)8-15-9-12-10(2)16-18(3)13(12)14/h5,7,15H,4,6,8-9H2,1-3H3. The van der Waals surface area contributed by atoms with Crippen molar-refractivity contribution in [2.24, 2.45) is 7.05 Å². The summed E-state index contributed by atoms with van der Waals surface area (Å²) in [5, 5.41) is 11.7. The first-order valence-electron chi connectivity index (χ1n) is 6.52. The van der Waals surface area contributed by atoms with Gasteiger partial charge in [0.05, 0.1) is 11.4 Å². The SMILES string of the molecule is CCCn1ccc(CNCc2c(C)nn(C)c2F)n1. The molecule has 0 aliphatic heterocycles. The predicted molar refractivity (Wildman–Crippen MR) is 71.0 cm³/mol. The Labute approximate surface area is 112 Å². The quantitative estimate of drug-likeness (QED) is 0.866. The fourth-order valence-electron chi connectivity index (χ4n) is 2.04. The van der Waals surface area contributed by atoms with Crippen molar-refractivity contribution in [2.45, 2.75) is 39.9 Å². The van der Waals surface area contributed by atoms with Gasteiger partial charge in [-0.25, -0.2) is 4.68 Å². The molecule has 6 heteroatoms. The molecule has 0 unspecified atom stereocenters. The number of hydrogen-bond donors (Lipinski definition) is 1. The van der Waals surface area contributed by atoms with Gasteiger partial charge in [-0.05, 0) is 19.4 Å². The maximum atomic E-state index is 13.7. The van der Waals surface area contributed by atoms with Crippen LogP contribution in [0.5, 0.6) is 0 Å². The summed E-state index contributed by atoms with van der Waals surface area (Å²) >= 11 is 0. The van der Waals surface area contributed by atoms with Gasteiger partial charge in [-0.3, -0.25) is 4.68 Å². The minimum absolute atomic E-state index is 0.276. The fraction of sp³-hybridized carbons (Fsp3) is 0.538. The molecule has 0 saturated heterocycles. The molecule has 0 fully saturated rings. The Bertz CT molecular complexity index is 543. The molecule has 104 valence electrons. The lowest BCUT2D eigenvalue weighted by Gasteiger charge is -2.02. The monoisotopic (exact) mass is 265 g/mol. The van der Waals surface area contributed by atoms with Crippen LogP contribution in [0.4, 0.5) is 4.39 Å². The summed E-state index contributed by atoms with van der Waals surface area (Å²) in [5.74, 6) is -0.276. The van der Waals surface area contributed by atoms with Crippen molar-refractivity contribution in [1.29, 1.82) is 0 Å². The van der Waals surface area contributed by atoms with E-state index in [9.17, 15) is 4.39 Å². The van der Waals surface area contributed by atoms with Crippen LogP contribution in [-0.4, -0.2) is 19.6 Å². The summed E-state index contributed by atoms with van der Waals surface area (Å²) in [6, 6.07) is 1.98. The van der Waals surface area contributed by atoms with Crippen molar-refractivity contribution < 1.29 is 4.39 Å². The largest absolute Gasteiger partial charge is 0.307 e.